The molecule has 4 heteroatoms. The molecule has 1 nitrogen and oxygen atoms in total. The van der Waals surface area contributed by atoms with E-state index in [1.54, 1.807) is 6.07 Å². The Balaban J connectivity index is 2.66. The van der Waals surface area contributed by atoms with Crippen molar-refractivity contribution in [1.29, 1.82) is 0 Å². The van der Waals surface area contributed by atoms with E-state index in [1.165, 1.54) is 12.1 Å². The van der Waals surface area contributed by atoms with Crippen LogP contribution in [0.5, 0.6) is 0 Å². The molecule has 1 unspecified atom stereocenters. The summed E-state index contributed by atoms with van der Waals surface area (Å²) < 4.78 is 37.7. The highest BCUT2D eigenvalue weighted by Gasteiger charge is 2.30. The third kappa shape index (κ3) is 4.69. The molecule has 0 heterocycles. The van der Waals surface area contributed by atoms with E-state index in [1.807, 2.05) is 6.92 Å². The highest BCUT2D eigenvalue weighted by molar-refractivity contribution is 5.27. The lowest BCUT2D eigenvalue weighted by molar-refractivity contribution is -0.137. The van der Waals surface area contributed by atoms with E-state index < -0.39 is 11.7 Å². The van der Waals surface area contributed by atoms with Crippen LogP contribution in [0.15, 0.2) is 24.3 Å². The molecule has 0 bridgehead atoms. The fourth-order valence-corrected chi connectivity index (χ4v) is 1.69. The first-order valence-electron chi connectivity index (χ1n) is 6.21. The fraction of sp³-hybridized carbons (Fsp3) is 0.571. The number of benzene rings is 1. The Bertz CT molecular complexity index is 372. The van der Waals surface area contributed by atoms with Gasteiger partial charge in [0.1, 0.15) is 0 Å². The molecular formula is C14H20F3N. The van der Waals surface area contributed by atoms with Gasteiger partial charge in [-0.05, 0) is 43.5 Å². The van der Waals surface area contributed by atoms with Gasteiger partial charge in [0.05, 0.1) is 5.56 Å². The summed E-state index contributed by atoms with van der Waals surface area (Å²) in [7, 11) is 0. The van der Waals surface area contributed by atoms with Crippen LogP contribution in [-0.4, -0.2) is 6.54 Å². The molecule has 0 fully saturated rings. The average molecular weight is 259 g/mol. The second-order valence-corrected chi connectivity index (χ2v) is 4.98. The average Bonchev–Trinajstić information content (AvgIpc) is 2.27. The Morgan fingerprint density at radius 3 is 2.39 bits per heavy atom. The highest BCUT2D eigenvalue weighted by atomic mass is 19.4. The van der Waals surface area contributed by atoms with Gasteiger partial charge in [-0.3, -0.25) is 0 Å². The maximum atomic E-state index is 12.6. The van der Waals surface area contributed by atoms with Gasteiger partial charge in [-0.1, -0.05) is 26.0 Å². The zero-order valence-corrected chi connectivity index (χ0v) is 11.0. The second-order valence-electron chi connectivity index (χ2n) is 4.98. The van der Waals surface area contributed by atoms with Crippen molar-refractivity contribution in [3.8, 4) is 0 Å². The number of halogens is 3. The van der Waals surface area contributed by atoms with Gasteiger partial charge in [-0.2, -0.15) is 13.2 Å². The fourth-order valence-electron chi connectivity index (χ4n) is 1.69. The summed E-state index contributed by atoms with van der Waals surface area (Å²) in [5.74, 6) is 0.589. The summed E-state index contributed by atoms with van der Waals surface area (Å²) in [6.45, 7) is 6.94. The van der Waals surface area contributed by atoms with Crippen molar-refractivity contribution in [2.75, 3.05) is 6.54 Å². The smallest absolute Gasteiger partial charge is 0.310 e. The first-order chi connectivity index (χ1) is 8.30. The summed E-state index contributed by atoms with van der Waals surface area (Å²) in [5, 5.41) is 3.24. The molecule has 102 valence electrons. The molecule has 0 saturated heterocycles. The number of hydrogen-bond donors (Lipinski definition) is 1. The van der Waals surface area contributed by atoms with E-state index in [2.05, 4.69) is 19.2 Å². The SMILES string of the molecule is CC(C)CCNC(C)c1cccc(C(F)(F)F)c1. The molecule has 0 saturated carbocycles. The molecule has 0 spiro atoms. The number of hydrogen-bond acceptors (Lipinski definition) is 1. The summed E-state index contributed by atoms with van der Waals surface area (Å²) in [6.07, 6.45) is -3.25. The summed E-state index contributed by atoms with van der Waals surface area (Å²) in [4.78, 5) is 0. The predicted molar refractivity (Wildman–Crippen MR) is 67.3 cm³/mol. The van der Waals surface area contributed by atoms with Gasteiger partial charge >= 0.3 is 6.18 Å². The van der Waals surface area contributed by atoms with Crippen molar-refractivity contribution >= 4 is 0 Å². The molecule has 0 aromatic heterocycles. The Morgan fingerprint density at radius 1 is 1.17 bits per heavy atom. The minimum atomic E-state index is -4.27. The van der Waals surface area contributed by atoms with Crippen molar-refractivity contribution in [2.24, 2.45) is 5.92 Å². The largest absolute Gasteiger partial charge is 0.416 e. The van der Waals surface area contributed by atoms with Gasteiger partial charge < -0.3 is 5.32 Å². The minimum Gasteiger partial charge on any atom is -0.310 e. The summed E-state index contributed by atoms with van der Waals surface area (Å²) in [5.41, 5.74) is 0.0890. The van der Waals surface area contributed by atoms with Crippen LogP contribution in [0.25, 0.3) is 0 Å². The topological polar surface area (TPSA) is 12.0 Å². The maximum Gasteiger partial charge on any atom is 0.416 e. The van der Waals surface area contributed by atoms with Gasteiger partial charge in [-0.15, -0.1) is 0 Å². The van der Waals surface area contributed by atoms with Crippen molar-refractivity contribution < 1.29 is 13.2 Å². The van der Waals surface area contributed by atoms with Crippen LogP contribution in [0.3, 0.4) is 0 Å². The van der Waals surface area contributed by atoms with Gasteiger partial charge in [0.15, 0.2) is 0 Å². The normalized spacial score (nSPS) is 13.9. The highest BCUT2D eigenvalue weighted by Crippen LogP contribution is 2.30. The Kier molecular flexibility index (Phi) is 5.20. The molecule has 0 aliphatic heterocycles. The first kappa shape index (κ1) is 15.0. The van der Waals surface area contributed by atoms with E-state index in [9.17, 15) is 13.2 Å². The standard InChI is InChI=1S/C14H20F3N/c1-10(2)7-8-18-11(3)12-5-4-6-13(9-12)14(15,16)17/h4-6,9-11,18H,7-8H2,1-3H3. The first-order valence-corrected chi connectivity index (χ1v) is 6.21. The van der Waals surface area contributed by atoms with Crippen molar-refractivity contribution in [3.63, 3.8) is 0 Å². The minimum absolute atomic E-state index is 0.0638. The molecule has 0 aliphatic carbocycles. The Morgan fingerprint density at radius 2 is 1.83 bits per heavy atom. The van der Waals surface area contributed by atoms with Crippen LogP contribution in [0.1, 0.15) is 44.4 Å². The van der Waals surface area contributed by atoms with E-state index in [0.29, 0.717) is 11.5 Å². The van der Waals surface area contributed by atoms with Crippen molar-refractivity contribution in [1.82, 2.24) is 5.32 Å². The summed E-state index contributed by atoms with van der Waals surface area (Å²) in [6, 6.07) is 5.43. The molecule has 1 rings (SSSR count). The zero-order chi connectivity index (χ0) is 13.8. The molecular weight excluding hydrogens is 239 g/mol. The predicted octanol–water partition coefficient (Wildman–Crippen LogP) is 4.40. The lowest BCUT2D eigenvalue weighted by Gasteiger charge is -2.16. The van der Waals surface area contributed by atoms with E-state index in [-0.39, 0.29) is 6.04 Å². The molecule has 0 radical (unpaired) electrons. The van der Waals surface area contributed by atoms with Crippen LogP contribution in [0, 0.1) is 5.92 Å². The van der Waals surface area contributed by atoms with Crippen LogP contribution in [0.2, 0.25) is 0 Å². The lowest BCUT2D eigenvalue weighted by atomic mass is 10.0. The van der Waals surface area contributed by atoms with E-state index in [0.717, 1.165) is 19.0 Å². The van der Waals surface area contributed by atoms with Gasteiger partial charge in [0, 0.05) is 6.04 Å². The second kappa shape index (κ2) is 6.23. The number of alkyl halides is 3. The molecule has 1 aromatic rings. The summed E-state index contributed by atoms with van der Waals surface area (Å²) >= 11 is 0. The zero-order valence-electron chi connectivity index (χ0n) is 11.0. The molecule has 0 aliphatic rings. The molecule has 1 N–H and O–H groups in total. The molecule has 0 amide bonds. The quantitative estimate of drug-likeness (QED) is 0.826. The lowest BCUT2D eigenvalue weighted by Crippen LogP contribution is -2.21. The van der Waals surface area contributed by atoms with Crippen LogP contribution >= 0.6 is 0 Å². The molecule has 18 heavy (non-hydrogen) atoms. The van der Waals surface area contributed by atoms with Gasteiger partial charge in [0.2, 0.25) is 0 Å². The van der Waals surface area contributed by atoms with Gasteiger partial charge in [0.25, 0.3) is 0 Å². The maximum absolute atomic E-state index is 12.6. The molecule has 1 aromatic carbocycles. The monoisotopic (exact) mass is 259 g/mol. The van der Waals surface area contributed by atoms with Crippen LogP contribution in [0.4, 0.5) is 13.2 Å². The third-order valence-corrected chi connectivity index (χ3v) is 2.89. The number of nitrogens with one attached hydrogen (secondary N) is 1. The Hall–Kier alpha value is -1.03. The van der Waals surface area contributed by atoms with Crippen LogP contribution < -0.4 is 5.32 Å². The van der Waals surface area contributed by atoms with E-state index >= 15 is 0 Å². The number of rotatable bonds is 5. The van der Waals surface area contributed by atoms with Crippen molar-refractivity contribution in [2.45, 2.75) is 39.4 Å². The third-order valence-electron chi connectivity index (χ3n) is 2.89. The van der Waals surface area contributed by atoms with Gasteiger partial charge in [-0.25, -0.2) is 0 Å². The van der Waals surface area contributed by atoms with Crippen LogP contribution in [-0.2, 0) is 6.18 Å². The molecule has 1 atom stereocenters. The Labute approximate surface area is 106 Å². The van der Waals surface area contributed by atoms with E-state index in [4.69, 9.17) is 0 Å². The van der Waals surface area contributed by atoms with Crippen molar-refractivity contribution in [3.05, 3.63) is 35.4 Å².